The Morgan fingerprint density at radius 1 is 1.15 bits per heavy atom. The van der Waals surface area contributed by atoms with E-state index in [4.69, 9.17) is 21.4 Å². The zero-order chi connectivity index (χ0) is 34.0. The number of anilines is 1. The SMILES string of the molecule is C=S1NC(=O)c2ccc3c(c2)N(CC2CCC2C(c2cccc(F)n2)/C=C/CC(C)C1C)C[C@@]1(CCCc2cc(Cl)ccc21)CO3.CO. The predicted octanol–water partition coefficient (Wildman–Crippen LogP) is 8.10. The minimum Gasteiger partial charge on any atom is -0.490 e. The molecule has 7 atom stereocenters. The summed E-state index contributed by atoms with van der Waals surface area (Å²) in [5, 5.41) is 7.95. The molecule has 1 amide bonds. The maximum atomic E-state index is 14.5. The number of amides is 1. The van der Waals surface area contributed by atoms with Gasteiger partial charge < -0.3 is 19.5 Å². The number of pyridine rings is 1. The Labute approximate surface area is 291 Å². The molecule has 0 saturated heterocycles. The van der Waals surface area contributed by atoms with Crippen molar-refractivity contribution in [2.24, 2.45) is 17.8 Å². The highest BCUT2D eigenvalue weighted by molar-refractivity contribution is 8.13. The zero-order valence-corrected chi connectivity index (χ0v) is 29.7. The number of aromatic nitrogens is 1. The smallest absolute Gasteiger partial charge is 0.260 e. The number of fused-ring (bicyclic) bond motifs is 4. The number of ether oxygens (including phenoxy) is 1. The molecule has 6 unspecified atom stereocenters. The summed E-state index contributed by atoms with van der Waals surface area (Å²) in [6.07, 6.45) is 10.6. The lowest BCUT2D eigenvalue weighted by Crippen LogP contribution is -2.49. The number of allylic oxidation sites excluding steroid dienone is 2. The van der Waals surface area contributed by atoms with Gasteiger partial charge in [-0.25, -0.2) is 4.98 Å². The fourth-order valence-corrected chi connectivity index (χ4v) is 9.49. The molecule has 9 heteroatoms. The number of benzene rings is 2. The average molecular weight is 692 g/mol. The highest BCUT2D eigenvalue weighted by Gasteiger charge is 2.44. The Bertz CT molecular complexity index is 1700. The van der Waals surface area contributed by atoms with Gasteiger partial charge in [0.2, 0.25) is 5.95 Å². The van der Waals surface area contributed by atoms with Crippen LogP contribution in [0.5, 0.6) is 5.75 Å². The first-order valence-electron chi connectivity index (χ1n) is 17.1. The monoisotopic (exact) mass is 691 g/mol. The van der Waals surface area contributed by atoms with Gasteiger partial charge in [-0.2, -0.15) is 4.39 Å². The molecule has 1 fully saturated rings. The highest BCUT2D eigenvalue weighted by atomic mass is 35.5. The Hall–Kier alpha value is -3.20. The number of halogens is 2. The fraction of sp³-hybridized carbons (Fsp3) is 0.462. The maximum Gasteiger partial charge on any atom is 0.260 e. The molecule has 48 heavy (non-hydrogen) atoms. The summed E-state index contributed by atoms with van der Waals surface area (Å²) in [5.74, 6) is 5.69. The van der Waals surface area contributed by atoms with Crippen molar-refractivity contribution in [3.8, 4) is 5.75 Å². The molecule has 4 aliphatic rings. The topological polar surface area (TPSA) is 74.7 Å². The van der Waals surface area contributed by atoms with Crippen LogP contribution in [-0.2, 0) is 11.8 Å². The van der Waals surface area contributed by atoms with Crippen molar-refractivity contribution in [1.29, 1.82) is 0 Å². The van der Waals surface area contributed by atoms with Crippen LogP contribution < -0.4 is 14.4 Å². The van der Waals surface area contributed by atoms with Gasteiger partial charge >= 0.3 is 0 Å². The first kappa shape index (κ1) is 34.7. The number of aliphatic hydroxyl groups excluding tert-OH is 1. The van der Waals surface area contributed by atoms with Crippen LogP contribution in [0.25, 0.3) is 0 Å². The summed E-state index contributed by atoms with van der Waals surface area (Å²) in [7, 11) is 0.431. The molecule has 2 aromatic carbocycles. The molecule has 2 aliphatic carbocycles. The van der Waals surface area contributed by atoms with E-state index in [1.807, 2.05) is 30.3 Å². The number of aliphatic hydroxyl groups is 1. The molecule has 0 radical (unpaired) electrons. The van der Waals surface area contributed by atoms with Gasteiger partial charge in [-0.3, -0.25) is 4.79 Å². The van der Waals surface area contributed by atoms with Gasteiger partial charge in [-0.1, -0.05) is 66.3 Å². The number of carbonyl (C=O) groups is 1. The molecule has 3 aromatic rings. The van der Waals surface area contributed by atoms with Crippen LogP contribution in [0.2, 0.25) is 5.02 Å². The first-order chi connectivity index (χ1) is 23.2. The van der Waals surface area contributed by atoms with Crippen molar-refractivity contribution in [2.45, 2.75) is 69.0 Å². The molecule has 6 nitrogen and oxygen atoms in total. The third-order valence-corrected chi connectivity index (χ3v) is 13.1. The molecular weight excluding hydrogens is 645 g/mol. The standard InChI is InChI=1S/C38H43ClFN3O2S.CH4O/c1-24-7-4-9-31(33-10-5-11-36(40)41-33)30-15-12-28(30)21-43-22-38(18-6-8-26-19-29(39)14-16-32(26)38)23-45-35-17-13-27(20-34(35)43)37(44)42-46(3)25(24)2;1-2/h4-5,9-11,13-14,16-17,19-20,24-25,28,30-31H,3,6-8,12,15,18,21-23H2,1-2H3,(H,42,44);2H,1H3/b9-4+;/t24?,25?,28?,30?,31?,38-,46?;/m0./s1. The van der Waals surface area contributed by atoms with E-state index in [1.165, 1.54) is 17.2 Å². The first-order valence-corrected chi connectivity index (χ1v) is 18.9. The number of hydrogen-bond donors (Lipinski definition) is 2. The van der Waals surface area contributed by atoms with E-state index < -0.39 is 16.6 Å². The Morgan fingerprint density at radius 2 is 1.98 bits per heavy atom. The minimum atomic E-state index is -0.569. The van der Waals surface area contributed by atoms with Crippen LogP contribution in [-0.4, -0.2) is 53.9 Å². The van der Waals surface area contributed by atoms with Crippen LogP contribution in [0.3, 0.4) is 0 Å². The second-order valence-corrected chi connectivity index (χ2v) is 16.1. The summed E-state index contributed by atoms with van der Waals surface area (Å²) in [5.41, 5.74) is 4.81. The van der Waals surface area contributed by atoms with Crippen LogP contribution in [0, 0.1) is 23.7 Å². The lowest BCUT2D eigenvalue weighted by molar-refractivity contribution is 0.0984. The number of rotatable bonds is 1. The molecule has 2 bridgehead atoms. The van der Waals surface area contributed by atoms with Crippen LogP contribution >= 0.6 is 22.3 Å². The van der Waals surface area contributed by atoms with E-state index >= 15 is 0 Å². The third-order valence-electron chi connectivity index (χ3n) is 11.1. The quantitative estimate of drug-likeness (QED) is 0.153. The second kappa shape index (κ2) is 14.7. The number of nitrogens with zero attached hydrogens (tertiary/aromatic N) is 2. The molecule has 256 valence electrons. The van der Waals surface area contributed by atoms with E-state index in [-0.39, 0.29) is 22.5 Å². The summed E-state index contributed by atoms with van der Waals surface area (Å²) >= 11 is 6.46. The van der Waals surface area contributed by atoms with Crippen molar-refractivity contribution >= 4 is 39.7 Å². The van der Waals surface area contributed by atoms with Crippen LogP contribution in [0.1, 0.15) is 79.0 Å². The molecule has 2 N–H and O–H groups in total. The molecule has 3 heterocycles. The third kappa shape index (κ3) is 6.94. The van der Waals surface area contributed by atoms with Crippen LogP contribution in [0.15, 0.2) is 66.7 Å². The zero-order valence-electron chi connectivity index (χ0n) is 28.1. The average Bonchev–Trinajstić information content (AvgIpc) is 3.22. The summed E-state index contributed by atoms with van der Waals surface area (Å²) in [6.45, 7) is 6.55. The Kier molecular flexibility index (Phi) is 10.6. The molecule has 1 saturated carbocycles. The van der Waals surface area contributed by atoms with Gasteiger partial charge in [-0.15, -0.1) is 0 Å². The Balaban J connectivity index is 0.00000197. The van der Waals surface area contributed by atoms with Crippen molar-refractivity contribution in [1.82, 2.24) is 9.71 Å². The van der Waals surface area contributed by atoms with Gasteiger partial charge in [0, 0.05) is 47.4 Å². The molecule has 2 aliphatic heterocycles. The summed E-state index contributed by atoms with van der Waals surface area (Å²) < 4.78 is 24.4. The van der Waals surface area contributed by atoms with Crippen molar-refractivity contribution in [2.75, 3.05) is 31.7 Å². The van der Waals surface area contributed by atoms with Gasteiger partial charge in [-0.05, 0) is 110 Å². The molecule has 7 rings (SSSR count). The van der Waals surface area contributed by atoms with Gasteiger partial charge in [0.1, 0.15) is 5.75 Å². The molecule has 1 spiro atoms. The van der Waals surface area contributed by atoms with E-state index in [9.17, 15) is 9.18 Å². The minimum absolute atomic E-state index is 0.0307. The molecular formula is C39H47ClFN3O3S. The number of aryl methyl sites for hydroxylation is 1. The van der Waals surface area contributed by atoms with E-state index in [1.54, 1.807) is 6.07 Å². The largest absolute Gasteiger partial charge is 0.490 e. The van der Waals surface area contributed by atoms with Crippen LogP contribution in [0.4, 0.5) is 10.1 Å². The van der Waals surface area contributed by atoms with E-state index in [2.05, 4.69) is 58.6 Å². The summed E-state index contributed by atoms with van der Waals surface area (Å²) in [4.78, 5) is 20.5. The molecule has 1 aromatic heterocycles. The number of carbonyl (C=O) groups excluding carboxylic acids is 1. The van der Waals surface area contributed by atoms with Crippen molar-refractivity contribution in [3.05, 3.63) is 100 Å². The fourth-order valence-electron chi connectivity index (χ4n) is 8.09. The van der Waals surface area contributed by atoms with Gasteiger partial charge in [0.05, 0.1) is 18.0 Å². The maximum absolute atomic E-state index is 14.5. The second-order valence-electron chi connectivity index (χ2n) is 13.9. The van der Waals surface area contributed by atoms with E-state index in [0.717, 1.165) is 80.9 Å². The van der Waals surface area contributed by atoms with Gasteiger partial charge in [0.15, 0.2) is 0 Å². The number of nitrogens with one attached hydrogen (secondary N) is 1. The Morgan fingerprint density at radius 3 is 2.75 bits per heavy atom. The van der Waals surface area contributed by atoms with Crippen molar-refractivity contribution < 1.29 is 19.0 Å². The lowest BCUT2D eigenvalue weighted by Gasteiger charge is -2.46. The normalized spacial score (nSPS) is 30.6. The highest BCUT2D eigenvalue weighted by Crippen LogP contribution is 2.49. The number of hydrogen-bond acceptors (Lipinski definition) is 5. The summed E-state index contributed by atoms with van der Waals surface area (Å²) in [6, 6.07) is 17.4. The lowest BCUT2D eigenvalue weighted by atomic mass is 9.65. The van der Waals surface area contributed by atoms with Crippen molar-refractivity contribution in [3.63, 3.8) is 0 Å². The van der Waals surface area contributed by atoms with Gasteiger partial charge in [0.25, 0.3) is 5.91 Å². The van der Waals surface area contributed by atoms with E-state index in [0.29, 0.717) is 29.9 Å². The predicted molar refractivity (Wildman–Crippen MR) is 196 cm³/mol.